The Kier molecular flexibility index (Phi) is 11.7. The fraction of sp³-hybridized carbons (Fsp3) is 0.600. The molecule has 0 saturated carbocycles. The van der Waals surface area contributed by atoms with Gasteiger partial charge in [0.2, 0.25) is 23.6 Å². The van der Waals surface area contributed by atoms with Gasteiger partial charge in [-0.25, -0.2) is 9.78 Å². The van der Waals surface area contributed by atoms with Crippen LogP contribution in [0.4, 0.5) is 0 Å². The van der Waals surface area contributed by atoms with E-state index in [4.69, 9.17) is 11.5 Å². The zero-order valence-corrected chi connectivity index (χ0v) is 19.1. The number of rotatable bonds is 15. The zero-order valence-electron chi connectivity index (χ0n) is 19.1. The van der Waals surface area contributed by atoms with Crippen molar-refractivity contribution in [1.82, 2.24) is 25.9 Å². The first-order valence-electron chi connectivity index (χ1n) is 10.8. The van der Waals surface area contributed by atoms with Crippen molar-refractivity contribution in [3.8, 4) is 0 Å². The van der Waals surface area contributed by atoms with Gasteiger partial charge in [-0.15, -0.1) is 0 Å². The molecule has 10 N–H and O–H groups in total. The van der Waals surface area contributed by atoms with Crippen LogP contribution in [0.15, 0.2) is 12.5 Å². The van der Waals surface area contributed by atoms with Crippen LogP contribution in [0.25, 0.3) is 0 Å². The average Bonchev–Trinajstić information content (AvgIpc) is 3.30. The molecular formula is C20H33N7O7. The molecule has 0 aromatic carbocycles. The Labute approximate surface area is 196 Å². The molecule has 1 rings (SSSR count). The Balaban J connectivity index is 2.86. The Morgan fingerprint density at radius 1 is 1.09 bits per heavy atom. The topological polar surface area (TPSA) is 243 Å². The second-order valence-corrected chi connectivity index (χ2v) is 7.91. The molecular weight excluding hydrogens is 450 g/mol. The second-order valence-electron chi connectivity index (χ2n) is 7.91. The molecule has 190 valence electrons. The van der Waals surface area contributed by atoms with Crippen molar-refractivity contribution in [2.45, 2.75) is 63.7 Å². The number of nitrogens with two attached hydrogens (primary N) is 2. The van der Waals surface area contributed by atoms with E-state index in [9.17, 15) is 34.2 Å². The third kappa shape index (κ3) is 9.15. The first kappa shape index (κ1) is 28.5. The Morgan fingerprint density at radius 3 is 2.24 bits per heavy atom. The van der Waals surface area contributed by atoms with Crippen LogP contribution >= 0.6 is 0 Å². The molecule has 0 aliphatic rings. The van der Waals surface area contributed by atoms with Crippen LogP contribution in [-0.2, 0) is 30.4 Å². The smallest absolute Gasteiger partial charge is 0.326 e. The molecule has 34 heavy (non-hydrogen) atoms. The number of nitrogens with zero attached hydrogens (tertiary/aromatic N) is 1. The van der Waals surface area contributed by atoms with Gasteiger partial charge in [0.1, 0.15) is 18.1 Å². The maximum atomic E-state index is 12.9. The van der Waals surface area contributed by atoms with E-state index >= 15 is 0 Å². The number of nitrogens with one attached hydrogen (secondary N) is 4. The lowest BCUT2D eigenvalue weighted by atomic mass is 9.97. The molecule has 0 aliphatic heterocycles. The molecule has 14 nitrogen and oxygen atoms in total. The molecule has 5 atom stereocenters. The van der Waals surface area contributed by atoms with Crippen molar-refractivity contribution < 1.29 is 34.2 Å². The Morgan fingerprint density at radius 2 is 1.74 bits per heavy atom. The highest BCUT2D eigenvalue weighted by molar-refractivity contribution is 5.94. The maximum Gasteiger partial charge on any atom is 0.326 e. The van der Waals surface area contributed by atoms with E-state index in [1.54, 1.807) is 13.8 Å². The Bertz CT molecular complexity index is 846. The van der Waals surface area contributed by atoms with Gasteiger partial charge >= 0.3 is 5.97 Å². The van der Waals surface area contributed by atoms with Gasteiger partial charge in [-0.05, 0) is 12.3 Å². The lowest BCUT2D eigenvalue weighted by molar-refractivity contribution is -0.142. The molecule has 1 aromatic rings. The highest BCUT2D eigenvalue weighted by atomic mass is 16.4. The third-order valence-electron chi connectivity index (χ3n) is 5.24. The van der Waals surface area contributed by atoms with E-state index in [1.807, 2.05) is 0 Å². The summed E-state index contributed by atoms with van der Waals surface area (Å²) in [5.74, 6) is -4.71. The SMILES string of the molecule is CCC(C)C(NC(=O)C(CO)NC(=O)C(N)CCC(N)=O)C(=O)NC(Cc1cnc[nH]1)C(=O)O. The number of hydrogen-bond donors (Lipinski definition) is 8. The molecule has 0 bridgehead atoms. The first-order valence-corrected chi connectivity index (χ1v) is 10.8. The summed E-state index contributed by atoms with van der Waals surface area (Å²) in [4.78, 5) is 66.8. The summed E-state index contributed by atoms with van der Waals surface area (Å²) in [6, 6.07) is -4.99. The number of carboxylic acid groups (broad SMARTS) is 1. The standard InChI is InChI=1S/C20H33N7O7/c1-3-10(2)16(19(32)25-13(20(33)34)6-11-7-23-9-24-11)27-18(31)14(8-28)26-17(30)12(21)4-5-15(22)29/h7,9-10,12-14,16,28H,3-6,8,21H2,1-2H3,(H2,22,29)(H,23,24)(H,25,32)(H,26,30)(H,27,31)(H,33,34). The monoisotopic (exact) mass is 483 g/mol. The van der Waals surface area contributed by atoms with Gasteiger partial charge in [-0.2, -0.15) is 0 Å². The average molecular weight is 484 g/mol. The van der Waals surface area contributed by atoms with Crippen LogP contribution in [0.5, 0.6) is 0 Å². The highest BCUT2D eigenvalue weighted by Crippen LogP contribution is 2.10. The van der Waals surface area contributed by atoms with E-state index in [0.717, 1.165) is 0 Å². The fourth-order valence-electron chi connectivity index (χ4n) is 2.94. The molecule has 0 spiro atoms. The van der Waals surface area contributed by atoms with Gasteiger partial charge < -0.3 is 42.6 Å². The minimum absolute atomic E-state index is 0.0499. The number of carbonyl (C=O) groups excluding carboxylic acids is 4. The van der Waals surface area contributed by atoms with Crippen LogP contribution in [0.1, 0.15) is 38.8 Å². The van der Waals surface area contributed by atoms with Crippen molar-refractivity contribution in [1.29, 1.82) is 0 Å². The van der Waals surface area contributed by atoms with Crippen molar-refractivity contribution in [3.05, 3.63) is 18.2 Å². The summed E-state index contributed by atoms with van der Waals surface area (Å²) in [5.41, 5.74) is 11.2. The third-order valence-corrected chi connectivity index (χ3v) is 5.24. The van der Waals surface area contributed by atoms with Crippen LogP contribution < -0.4 is 27.4 Å². The van der Waals surface area contributed by atoms with Gasteiger partial charge in [0, 0.05) is 24.7 Å². The number of aromatic amines is 1. The fourth-order valence-corrected chi connectivity index (χ4v) is 2.94. The predicted octanol–water partition coefficient (Wildman–Crippen LogP) is -2.88. The largest absolute Gasteiger partial charge is 0.480 e. The molecule has 0 radical (unpaired) electrons. The van der Waals surface area contributed by atoms with Crippen molar-refractivity contribution in [2.75, 3.05) is 6.61 Å². The number of carbonyl (C=O) groups is 5. The normalized spacial score (nSPS) is 15.3. The lowest BCUT2D eigenvalue weighted by Crippen LogP contribution is -2.59. The van der Waals surface area contributed by atoms with E-state index < -0.39 is 66.3 Å². The van der Waals surface area contributed by atoms with Gasteiger partial charge in [0.25, 0.3) is 0 Å². The number of H-pyrrole nitrogens is 1. The van der Waals surface area contributed by atoms with Crippen molar-refractivity contribution in [2.24, 2.45) is 17.4 Å². The van der Waals surface area contributed by atoms with E-state index in [1.165, 1.54) is 12.5 Å². The predicted molar refractivity (Wildman–Crippen MR) is 119 cm³/mol. The zero-order chi connectivity index (χ0) is 25.8. The summed E-state index contributed by atoms with van der Waals surface area (Å²) in [7, 11) is 0. The second kappa shape index (κ2) is 13.9. The molecule has 0 saturated heterocycles. The van der Waals surface area contributed by atoms with Gasteiger partial charge in [0.05, 0.1) is 19.0 Å². The summed E-state index contributed by atoms with van der Waals surface area (Å²) in [6.07, 6.45) is 3.03. The number of carboxylic acids is 1. The number of aliphatic hydroxyl groups is 1. The van der Waals surface area contributed by atoms with Crippen LogP contribution in [0, 0.1) is 5.92 Å². The lowest BCUT2D eigenvalue weighted by Gasteiger charge is -2.27. The molecule has 4 amide bonds. The number of amides is 4. The van der Waals surface area contributed by atoms with Crippen LogP contribution in [0.3, 0.4) is 0 Å². The molecule has 14 heteroatoms. The molecule has 1 heterocycles. The number of primary amides is 1. The van der Waals surface area contributed by atoms with Crippen LogP contribution in [0.2, 0.25) is 0 Å². The number of hydrogen-bond acceptors (Lipinski definition) is 8. The van der Waals surface area contributed by atoms with E-state index in [-0.39, 0.29) is 19.3 Å². The molecule has 1 aromatic heterocycles. The number of aliphatic hydroxyl groups excluding tert-OH is 1. The minimum atomic E-state index is -1.42. The highest BCUT2D eigenvalue weighted by Gasteiger charge is 2.32. The number of aromatic nitrogens is 2. The molecule has 5 unspecified atom stereocenters. The van der Waals surface area contributed by atoms with Gasteiger partial charge in [-0.1, -0.05) is 20.3 Å². The summed E-state index contributed by atoms with van der Waals surface area (Å²) in [6.45, 7) is 2.67. The van der Waals surface area contributed by atoms with Crippen molar-refractivity contribution in [3.63, 3.8) is 0 Å². The first-order chi connectivity index (χ1) is 16.0. The summed E-state index contributed by atoms with van der Waals surface area (Å²) >= 11 is 0. The molecule has 0 aliphatic carbocycles. The van der Waals surface area contributed by atoms with Gasteiger partial charge in [0.15, 0.2) is 0 Å². The number of aliphatic carboxylic acids is 1. The number of imidazole rings is 1. The minimum Gasteiger partial charge on any atom is -0.480 e. The van der Waals surface area contributed by atoms with Crippen molar-refractivity contribution >= 4 is 29.6 Å². The van der Waals surface area contributed by atoms with Gasteiger partial charge in [-0.3, -0.25) is 19.2 Å². The summed E-state index contributed by atoms with van der Waals surface area (Å²) < 4.78 is 0. The summed E-state index contributed by atoms with van der Waals surface area (Å²) in [5, 5.41) is 26.2. The Hall–Kier alpha value is -3.52. The molecule has 0 fully saturated rings. The quantitative estimate of drug-likeness (QED) is 0.127. The van der Waals surface area contributed by atoms with E-state index in [0.29, 0.717) is 12.1 Å². The van der Waals surface area contributed by atoms with E-state index in [2.05, 4.69) is 25.9 Å². The van der Waals surface area contributed by atoms with Crippen LogP contribution in [-0.4, -0.2) is 80.6 Å². The maximum absolute atomic E-state index is 12.9.